The number of nitrogens with one attached hydrogen (secondary N) is 2. The van der Waals surface area contributed by atoms with Gasteiger partial charge in [-0.25, -0.2) is 0 Å². The molecular weight excluding hydrogens is 192 g/mol. The van der Waals surface area contributed by atoms with E-state index >= 15 is 0 Å². The lowest BCUT2D eigenvalue weighted by atomic mass is 9.50. The summed E-state index contributed by atoms with van der Waals surface area (Å²) in [4.78, 5) is 10.8. The molecule has 0 bridgehead atoms. The van der Waals surface area contributed by atoms with Crippen molar-refractivity contribution < 1.29 is 9.90 Å². The Labute approximate surface area is 89.4 Å². The number of hydrazine groups is 1. The molecule has 0 atom stereocenters. The minimum absolute atomic E-state index is 0.0698. The van der Waals surface area contributed by atoms with E-state index in [1.807, 2.05) is 0 Å². The van der Waals surface area contributed by atoms with E-state index in [9.17, 15) is 4.79 Å². The van der Waals surface area contributed by atoms with Crippen molar-refractivity contribution in [2.24, 2.45) is 11.3 Å². The first kappa shape index (κ1) is 9.60. The molecule has 15 heavy (non-hydrogen) atoms. The average molecular weight is 210 g/mol. The Morgan fingerprint density at radius 2 is 1.87 bits per heavy atom. The van der Waals surface area contributed by atoms with Crippen LogP contribution in [-0.4, -0.2) is 23.2 Å². The topological polar surface area (TPSA) is 61.4 Å². The van der Waals surface area contributed by atoms with Crippen molar-refractivity contribution >= 4 is 5.97 Å². The van der Waals surface area contributed by atoms with Crippen LogP contribution in [0, 0.1) is 11.3 Å². The third kappa shape index (κ3) is 1.39. The van der Waals surface area contributed by atoms with Crippen LogP contribution in [0.3, 0.4) is 0 Å². The molecular formula is C11H18N2O2. The van der Waals surface area contributed by atoms with Gasteiger partial charge in [0, 0.05) is 12.1 Å². The van der Waals surface area contributed by atoms with Gasteiger partial charge in [-0.05, 0) is 43.9 Å². The van der Waals surface area contributed by atoms with E-state index in [1.165, 1.54) is 12.8 Å². The van der Waals surface area contributed by atoms with Crippen LogP contribution in [0.4, 0.5) is 0 Å². The molecule has 3 fully saturated rings. The highest BCUT2D eigenvalue weighted by atomic mass is 16.4. The Kier molecular flexibility index (Phi) is 1.89. The van der Waals surface area contributed by atoms with E-state index in [4.69, 9.17) is 5.11 Å². The quantitative estimate of drug-likeness (QED) is 0.601. The van der Waals surface area contributed by atoms with Crippen molar-refractivity contribution in [3.8, 4) is 0 Å². The Hall–Kier alpha value is -0.610. The van der Waals surface area contributed by atoms with E-state index in [2.05, 4.69) is 10.9 Å². The summed E-state index contributed by atoms with van der Waals surface area (Å²) in [5.74, 6) is -0.665. The van der Waals surface area contributed by atoms with Gasteiger partial charge in [-0.15, -0.1) is 0 Å². The molecule has 2 spiro atoms. The molecule has 0 aromatic rings. The summed E-state index contributed by atoms with van der Waals surface area (Å²) in [5.41, 5.74) is 7.28. The van der Waals surface area contributed by atoms with Gasteiger partial charge in [0.25, 0.3) is 0 Å². The minimum Gasteiger partial charge on any atom is -0.481 e. The Bertz CT molecular complexity index is 281. The van der Waals surface area contributed by atoms with Crippen molar-refractivity contribution in [3.63, 3.8) is 0 Å². The van der Waals surface area contributed by atoms with Crippen LogP contribution in [0.5, 0.6) is 0 Å². The first-order chi connectivity index (χ1) is 7.13. The minimum atomic E-state index is -0.595. The summed E-state index contributed by atoms with van der Waals surface area (Å²) >= 11 is 0. The Morgan fingerprint density at radius 3 is 2.27 bits per heavy atom. The predicted octanol–water partition coefficient (Wildman–Crippen LogP) is 0.888. The number of carboxylic acids is 1. The van der Waals surface area contributed by atoms with E-state index in [0.717, 1.165) is 32.2 Å². The van der Waals surface area contributed by atoms with Gasteiger partial charge in [0.1, 0.15) is 0 Å². The molecule has 84 valence electrons. The first-order valence-electron chi connectivity index (χ1n) is 5.86. The normalized spacial score (nSPS) is 48.7. The Morgan fingerprint density at radius 1 is 1.27 bits per heavy atom. The summed E-state index contributed by atoms with van der Waals surface area (Å²) in [6.45, 7) is 1.09. The van der Waals surface area contributed by atoms with E-state index < -0.39 is 5.97 Å². The van der Waals surface area contributed by atoms with Gasteiger partial charge in [0.2, 0.25) is 0 Å². The maximum atomic E-state index is 10.8. The van der Waals surface area contributed by atoms with Crippen LogP contribution < -0.4 is 10.9 Å². The van der Waals surface area contributed by atoms with Gasteiger partial charge < -0.3 is 5.11 Å². The molecule has 4 nitrogen and oxygen atoms in total. The molecule has 1 aliphatic heterocycles. The lowest BCUT2D eigenvalue weighted by Gasteiger charge is -2.63. The maximum absolute atomic E-state index is 10.8. The fourth-order valence-corrected chi connectivity index (χ4v) is 3.77. The molecule has 4 heteroatoms. The van der Waals surface area contributed by atoms with Crippen LogP contribution in [0.2, 0.25) is 0 Å². The zero-order chi connectivity index (χ0) is 10.5. The SMILES string of the molecule is O=C(O)C1CCC2(CC1)CC1(CNN1)C2. The number of aliphatic carboxylic acids is 1. The van der Waals surface area contributed by atoms with E-state index in [-0.39, 0.29) is 5.92 Å². The molecule has 1 heterocycles. The average Bonchev–Trinajstić information content (AvgIpc) is 2.11. The fourth-order valence-electron chi connectivity index (χ4n) is 3.77. The molecule has 0 radical (unpaired) electrons. The second kappa shape index (κ2) is 2.95. The number of rotatable bonds is 1. The molecule has 3 N–H and O–H groups in total. The van der Waals surface area contributed by atoms with Crippen LogP contribution in [0.1, 0.15) is 38.5 Å². The maximum Gasteiger partial charge on any atom is 0.306 e. The van der Waals surface area contributed by atoms with E-state index in [1.54, 1.807) is 0 Å². The molecule has 0 amide bonds. The zero-order valence-corrected chi connectivity index (χ0v) is 8.88. The molecule has 3 aliphatic rings. The second-order valence-corrected chi connectivity index (χ2v) is 5.72. The number of carboxylic acid groups (broad SMARTS) is 1. The smallest absolute Gasteiger partial charge is 0.306 e. The van der Waals surface area contributed by atoms with Crippen molar-refractivity contribution in [3.05, 3.63) is 0 Å². The monoisotopic (exact) mass is 210 g/mol. The molecule has 0 aromatic carbocycles. The van der Waals surface area contributed by atoms with E-state index in [0.29, 0.717) is 11.0 Å². The van der Waals surface area contributed by atoms with Crippen molar-refractivity contribution in [2.45, 2.75) is 44.1 Å². The summed E-state index contributed by atoms with van der Waals surface area (Å²) in [7, 11) is 0. The van der Waals surface area contributed by atoms with Crippen LogP contribution >= 0.6 is 0 Å². The second-order valence-electron chi connectivity index (χ2n) is 5.72. The fraction of sp³-hybridized carbons (Fsp3) is 0.909. The summed E-state index contributed by atoms with van der Waals surface area (Å²) in [6.07, 6.45) is 6.51. The molecule has 1 saturated heterocycles. The van der Waals surface area contributed by atoms with Gasteiger partial charge in [-0.1, -0.05) is 0 Å². The number of hydrogen-bond acceptors (Lipinski definition) is 3. The van der Waals surface area contributed by atoms with Gasteiger partial charge in [-0.2, -0.15) is 0 Å². The number of hydrogen-bond donors (Lipinski definition) is 3. The highest BCUT2D eigenvalue weighted by molar-refractivity contribution is 5.70. The van der Waals surface area contributed by atoms with Crippen molar-refractivity contribution in [2.75, 3.05) is 6.54 Å². The molecule has 3 rings (SSSR count). The van der Waals surface area contributed by atoms with Gasteiger partial charge in [-0.3, -0.25) is 15.6 Å². The van der Waals surface area contributed by atoms with Crippen LogP contribution in [-0.2, 0) is 4.79 Å². The van der Waals surface area contributed by atoms with Gasteiger partial charge in [0.05, 0.1) is 5.92 Å². The standard InChI is InChI=1S/C11H18N2O2/c14-9(15)8-1-3-10(4-2-8)5-11(6-10)7-12-13-11/h8,12-13H,1-7H2,(H,14,15). The third-order valence-electron chi connectivity index (χ3n) is 4.60. The number of carbonyl (C=O) groups is 1. The lowest BCUT2D eigenvalue weighted by molar-refractivity contribution is -0.146. The largest absolute Gasteiger partial charge is 0.481 e. The van der Waals surface area contributed by atoms with Crippen LogP contribution in [0.25, 0.3) is 0 Å². The summed E-state index contributed by atoms with van der Waals surface area (Å²) < 4.78 is 0. The predicted molar refractivity (Wildman–Crippen MR) is 55.1 cm³/mol. The highest BCUT2D eigenvalue weighted by Crippen LogP contribution is 2.58. The Balaban J connectivity index is 1.57. The summed E-state index contributed by atoms with van der Waals surface area (Å²) in [5, 5.41) is 8.94. The van der Waals surface area contributed by atoms with Gasteiger partial charge in [0.15, 0.2) is 0 Å². The first-order valence-corrected chi connectivity index (χ1v) is 5.86. The van der Waals surface area contributed by atoms with Crippen LogP contribution in [0.15, 0.2) is 0 Å². The molecule has 2 aliphatic carbocycles. The van der Waals surface area contributed by atoms with Crippen molar-refractivity contribution in [1.82, 2.24) is 10.9 Å². The van der Waals surface area contributed by atoms with Crippen molar-refractivity contribution in [1.29, 1.82) is 0 Å². The van der Waals surface area contributed by atoms with Gasteiger partial charge >= 0.3 is 5.97 Å². The third-order valence-corrected chi connectivity index (χ3v) is 4.60. The summed E-state index contributed by atoms with van der Waals surface area (Å²) in [6, 6.07) is 0. The zero-order valence-electron chi connectivity index (χ0n) is 8.88. The molecule has 0 unspecified atom stereocenters. The molecule has 0 aromatic heterocycles. The lowest BCUT2D eigenvalue weighted by Crippen LogP contribution is -2.77. The molecule has 2 saturated carbocycles. The highest BCUT2D eigenvalue weighted by Gasteiger charge is 2.58.